The fraction of sp³-hybridized carbons (Fsp3) is 0.381. The molecule has 1 aliphatic heterocycles. The molecule has 1 amide bonds. The van der Waals surface area contributed by atoms with Gasteiger partial charge >= 0.3 is 5.97 Å². The maximum Gasteiger partial charge on any atom is 0.350 e. The molecule has 1 aromatic carbocycles. The summed E-state index contributed by atoms with van der Waals surface area (Å²) in [5.41, 5.74) is 9.64. The molecule has 0 radical (unpaired) electrons. The van der Waals surface area contributed by atoms with Crippen LogP contribution in [0.3, 0.4) is 0 Å². The first kappa shape index (κ1) is 19.4. The molecule has 0 spiro atoms. The summed E-state index contributed by atoms with van der Waals surface area (Å²) in [5, 5.41) is 1.72. The van der Waals surface area contributed by atoms with E-state index in [1.165, 1.54) is 11.3 Å². The van der Waals surface area contributed by atoms with Gasteiger partial charge in [-0.1, -0.05) is 0 Å². The molecule has 29 heavy (non-hydrogen) atoms. The number of hydrogen-bond acceptors (Lipinski definition) is 6. The average Bonchev–Trinajstić information content (AvgIpc) is 3.39. The normalized spacial score (nSPS) is 16.5. The molecule has 0 aliphatic carbocycles. The van der Waals surface area contributed by atoms with Crippen molar-refractivity contribution in [3.63, 3.8) is 0 Å². The molecule has 2 aromatic heterocycles. The number of nitrogens with zero attached hydrogens (tertiary/aromatic N) is 3. The van der Waals surface area contributed by atoms with E-state index in [2.05, 4.69) is 9.55 Å². The molecule has 152 valence electrons. The Morgan fingerprint density at radius 3 is 2.86 bits per heavy atom. The largest absolute Gasteiger partial charge is 0.462 e. The third-order valence-electron chi connectivity index (χ3n) is 5.37. The van der Waals surface area contributed by atoms with Gasteiger partial charge in [0, 0.05) is 37.2 Å². The molecule has 4 rings (SSSR count). The van der Waals surface area contributed by atoms with Crippen LogP contribution < -0.4 is 5.73 Å². The lowest BCUT2D eigenvalue weighted by Gasteiger charge is -2.16. The summed E-state index contributed by atoms with van der Waals surface area (Å²) in [6.07, 6.45) is 2.87. The molecular formula is C21H24N4O3S. The summed E-state index contributed by atoms with van der Waals surface area (Å²) in [5.74, 6) is -0.229. The minimum absolute atomic E-state index is 0.107. The third kappa shape index (κ3) is 3.48. The highest BCUT2D eigenvalue weighted by Gasteiger charge is 2.27. The van der Waals surface area contributed by atoms with Gasteiger partial charge in [0.15, 0.2) is 0 Å². The summed E-state index contributed by atoms with van der Waals surface area (Å²) < 4.78 is 7.29. The summed E-state index contributed by atoms with van der Waals surface area (Å²) in [7, 11) is 0. The van der Waals surface area contributed by atoms with Crippen molar-refractivity contribution in [1.29, 1.82) is 0 Å². The lowest BCUT2D eigenvalue weighted by atomic mass is 10.1. The number of aryl methyl sites for hydroxylation is 1. The fourth-order valence-electron chi connectivity index (χ4n) is 3.88. The standard InChI is InChI=1S/C21H24N4O3S/c1-4-28-21(27)19-12(2)23-20(29-19)14-5-6-18-16(9-14)17(22)11-25(18)15-7-8-24(10-15)13(3)26/h5-6,9,11,15H,4,7-8,10,22H2,1-3H3. The Morgan fingerprint density at radius 2 is 2.17 bits per heavy atom. The van der Waals surface area contributed by atoms with Gasteiger partial charge in [-0.15, -0.1) is 11.3 Å². The van der Waals surface area contributed by atoms with Crippen molar-refractivity contribution in [1.82, 2.24) is 14.5 Å². The molecule has 1 unspecified atom stereocenters. The number of hydrogen-bond donors (Lipinski definition) is 1. The van der Waals surface area contributed by atoms with E-state index >= 15 is 0 Å². The van der Waals surface area contributed by atoms with Crippen LogP contribution in [0.15, 0.2) is 24.4 Å². The highest BCUT2D eigenvalue weighted by molar-refractivity contribution is 7.17. The van der Waals surface area contributed by atoms with Crippen LogP contribution in [0, 0.1) is 6.92 Å². The number of amides is 1. The molecular weight excluding hydrogens is 388 g/mol. The first-order valence-corrected chi connectivity index (χ1v) is 10.5. The Bertz CT molecular complexity index is 1100. The molecule has 7 nitrogen and oxygen atoms in total. The van der Waals surface area contributed by atoms with E-state index in [4.69, 9.17) is 10.5 Å². The van der Waals surface area contributed by atoms with Gasteiger partial charge in [-0.05, 0) is 38.5 Å². The van der Waals surface area contributed by atoms with Gasteiger partial charge in [-0.3, -0.25) is 4.79 Å². The molecule has 0 bridgehead atoms. The molecule has 1 atom stereocenters. The van der Waals surface area contributed by atoms with E-state index in [9.17, 15) is 9.59 Å². The molecule has 8 heteroatoms. The number of rotatable bonds is 4. The van der Waals surface area contributed by atoms with Crippen LogP contribution in [0.2, 0.25) is 0 Å². The van der Waals surface area contributed by atoms with E-state index in [1.807, 2.05) is 36.2 Å². The average molecular weight is 413 g/mol. The zero-order chi connectivity index (χ0) is 20.7. The minimum atomic E-state index is -0.336. The van der Waals surface area contributed by atoms with Crippen LogP contribution >= 0.6 is 11.3 Å². The van der Waals surface area contributed by atoms with Crippen LogP contribution in [0.25, 0.3) is 21.5 Å². The van der Waals surface area contributed by atoms with Crippen molar-refractivity contribution < 1.29 is 14.3 Å². The Morgan fingerprint density at radius 1 is 1.38 bits per heavy atom. The van der Waals surface area contributed by atoms with Gasteiger partial charge < -0.3 is 19.9 Å². The zero-order valence-electron chi connectivity index (χ0n) is 16.8. The van der Waals surface area contributed by atoms with Crippen LogP contribution in [0.1, 0.15) is 41.7 Å². The zero-order valence-corrected chi connectivity index (χ0v) is 17.6. The molecule has 3 heterocycles. The van der Waals surface area contributed by atoms with Gasteiger partial charge in [0.1, 0.15) is 9.88 Å². The van der Waals surface area contributed by atoms with Crippen molar-refractivity contribution in [3.05, 3.63) is 35.0 Å². The Labute approximate surface area is 173 Å². The Balaban J connectivity index is 1.68. The van der Waals surface area contributed by atoms with E-state index in [1.54, 1.807) is 13.8 Å². The van der Waals surface area contributed by atoms with Crippen molar-refractivity contribution in [3.8, 4) is 10.6 Å². The van der Waals surface area contributed by atoms with Gasteiger partial charge in [0.25, 0.3) is 0 Å². The summed E-state index contributed by atoms with van der Waals surface area (Å²) in [6, 6.07) is 6.29. The number of ether oxygens (including phenoxy) is 1. The molecule has 1 aliphatic rings. The fourth-order valence-corrected chi connectivity index (χ4v) is 4.83. The first-order chi connectivity index (χ1) is 13.9. The monoisotopic (exact) mass is 412 g/mol. The number of nitrogens with two attached hydrogens (primary N) is 1. The van der Waals surface area contributed by atoms with Crippen LogP contribution in [-0.4, -0.2) is 46.0 Å². The summed E-state index contributed by atoms with van der Waals surface area (Å²) in [6.45, 7) is 7.02. The van der Waals surface area contributed by atoms with Crippen LogP contribution in [0.4, 0.5) is 5.69 Å². The highest BCUT2D eigenvalue weighted by Crippen LogP contribution is 2.35. The molecule has 3 aromatic rings. The molecule has 1 fully saturated rings. The number of benzene rings is 1. The van der Waals surface area contributed by atoms with Crippen molar-refractivity contribution in [2.75, 3.05) is 25.4 Å². The number of esters is 1. The predicted molar refractivity (Wildman–Crippen MR) is 114 cm³/mol. The maximum absolute atomic E-state index is 12.1. The van der Waals surface area contributed by atoms with Gasteiger partial charge in [-0.2, -0.15) is 0 Å². The van der Waals surface area contributed by atoms with E-state index < -0.39 is 0 Å². The van der Waals surface area contributed by atoms with Crippen molar-refractivity contribution in [2.24, 2.45) is 0 Å². The molecule has 0 saturated carbocycles. The van der Waals surface area contributed by atoms with E-state index in [0.717, 1.165) is 34.4 Å². The number of likely N-dealkylation sites (tertiary alicyclic amines) is 1. The number of nitrogen functional groups attached to an aromatic ring is 1. The van der Waals surface area contributed by atoms with Crippen molar-refractivity contribution >= 4 is 39.8 Å². The predicted octanol–water partition coefficient (Wildman–Crippen LogP) is 3.63. The SMILES string of the molecule is CCOC(=O)c1sc(-c2ccc3c(c2)c(N)cn3C2CCN(C(C)=O)C2)nc1C. The quantitative estimate of drug-likeness (QED) is 0.661. The number of thiazole rings is 1. The lowest BCUT2D eigenvalue weighted by molar-refractivity contribution is -0.127. The topological polar surface area (TPSA) is 90.5 Å². The lowest BCUT2D eigenvalue weighted by Crippen LogP contribution is -2.26. The first-order valence-electron chi connectivity index (χ1n) is 9.69. The van der Waals surface area contributed by atoms with Gasteiger partial charge in [0.05, 0.1) is 29.5 Å². The molecule has 2 N–H and O–H groups in total. The van der Waals surface area contributed by atoms with Crippen LogP contribution in [-0.2, 0) is 9.53 Å². The third-order valence-corrected chi connectivity index (χ3v) is 6.56. The number of aromatic nitrogens is 2. The number of carbonyl (C=O) groups excluding carboxylic acids is 2. The van der Waals surface area contributed by atoms with E-state index in [0.29, 0.717) is 29.4 Å². The summed E-state index contributed by atoms with van der Waals surface area (Å²) >= 11 is 1.33. The number of fused-ring (bicyclic) bond motifs is 1. The second-order valence-electron chi connectivity index (χ2n) is 7.29. The number of carbonyl (C=O) groups is 2. The maximum atomic E-state index is 12.1. The Hall–Kier alpha value is -2.87. The second kappa shape index (κ2) is 7.51. The van der Waals surface area contributed by atoms with E-state index in [-0.39, 0.29) is 17.9 Å². The second-order valence-corrected chi connectivity index (χ2v) is 8.28. The summed E-state index contributed by atoms with van der Waals surface area (Å²) in [4.78, 5) is 30.7. The number of anilines is 1. The van der Waals surface area contributed by atoms with Gasteiger partial charge in [0.2, 0.25) is 5.91 Å². The highest BCUT2D eigenvalue weighted by atomic mass is 32.1. The smallest absolute Gasteiger partial charge is 0.350 e. The van der Waals surface area contributed by atoms with Crippen molar-refractivity contribution in [2.45, 2.75) is 33.2 Å². The molecule has 1 saturated heterocycles. The Kier molecular flexibility index (Phi) is 5.04. The minimum Gasteiger partial charge on any atom is -0.462 e. The van der Waals surface area contributed by atoms with Gasteiger partial charge in [-0.25, -0.2) is 9.78 Å². The van der Waals surface area contributed by atoms with Crippen LogP contribution in [0.5, 0.6) is 0 Å².